The second-order valence-corrected chi connectivity index (χ2v) is 13.3. The van der Waals surface area contributed by atoms with Crippen LogP contribution in [-0.4, -0.2) is 41.5 Å². The van der Waals surface area contributed by atoms with Gasteiger partial charge in [-0.3, -0.25) is 4.90 Å². The summed E-state index contributed by atoms with van der Waals surface area (Å²) in [6.07, 6.45) is 8.22. The van der Waals surface area contributed by atoms with Crippen LogP contribution in [0.15, 0.2) is 0 Å². The predicted molar refractivity (Wildman–Crippen MR) is 101 cm³/mol. The third kappa shape index (κ3) is 5.75. The van der Waals surface area contributed by atoms with Gasteiger partial charge in [0.25, 0.3) is 0 Å². The second-order valence-electron chi connectivity index (χ2n) is 6.99. The molecule has 0 aromatic carbocycles. The van der Waals surface area contributed by atoms with Crippen molar-refractivity contribution in [2.24, 2.45) is 0 Å². The SMILES string of the molecule is CC(C)OP(=S)(OC(C)C)SC1CCCCC1N1CCCC1. The van der Waals surface area contributed by atoms with Gasteiger partial charge < -0.3 is 9.05 Å². The van der Waals surface area contributed by atoms with Gasteiger partial charge in [0.2, 0.25) is 5.69 Å². The molecule has 2 rings (SSSR count). The van der Waals surface area contributed by atoms with E-state index in [0.717, 1.165) is 0 Å². The van der Waals surface area contributed by atoms with Crippen LogP contribution in [0.5, 0.6) is 0 Å². The summed E-state index contributed by atoms with van der Waals surface area (Å²) in [5.41, 5.74) is -2.25. The van der Waals surface area contributed by atoms with Gasteiger partial charge >= 0.3 is 0 Å². The molecule has 0 amide bonds. The van der Waals surface area contributed by atoms with Crippen LogP contribution in [0.4, 0.5) is 0 Å². The van der Waals surface area contributed by atoms with Crippen molar-refractivity contribution in [3.8, 4) is 0 Å². The van der Waals surface area contributed by atoms with Gasteiger partial charge in [-0.25, -0.2) is 0 Å². The fourth-order valence-corrected chi connectivity index (χ4v) is 10.8. The molecule has 1 aliphatic carbocycles. The summed E-state index contributed by atoms with van der Waals surface area (Å²) in [6.45, 7) is 10.8. The van der Waals surface area contributed by atoms with Gasteiger partial charge in [-0.1, -0.05) is 24.2 Å². The predicted octanol–water partition coefficient (Wildman–Crippen LogP) is 5.20. The minimum absolute atomic E-state index is 0.130. The van der Waals surface area contributed by atoms with E-state index < -0.39 is 5.69 Å². The van der Waals surface area contributed by atoms with Crippen molar-refractivity contribution in [3.63, 3.8) is 0 Å². The normalized spacial score (nSPS) is 27.9. The van der Waals surface area contributed by atoms with Crippen molar-refractivity contribution in [3.05, 3.63) is 0 Å². The first-order chi connectivity index (χ1) is 10.4. The zero-order valence-electron chi connectivity index (χ0n) is 14.5. The molecule has 0 N–H and O–H groups in total. The molecular formula is C16H32NO2PS2. The van der Waals surface area contributed by atoms with Crippen LogP contribution in [0.3, 0.4) is 0 Å². The summed E-state index contributed by atoms with van der Waals surface area (Å²) in [4.78, 5) is 2.70. The van der Waals surface area contributed by atoms with E-state index in [1.54, 1.807) is 0 Å². The van der Waals surface area contributed by atoms with E-state index in [2.05, 4.69) is 32.6 Å². The molecule has 0 aromatic heterocycles. The Balaban J connectivity index is 2.06. The molecule has 1 aliphatic heterocycles. The Bertz CT molecular complexity index is 372. The molecule has 1 heterocycles. The minimum Gasteiger partial charge on any atom is -0.319 e. The minimum atomic E-state index is -2.25. The van der Waals surface area contributed by atoms with Crippen LogP contribution in [-0.2, 0) is 20.9 Å². The van der Waals surface area contributed by atoms with Crippen LogP contribution in [0, 0.1) is 0 Å². The van der Waals surface area contributed by atoms with Crippen molar-refractivity contribution in [1.29, 1.82) is 0 Å². The zero-order valence-corrected chi connectivity index (χ0v) is 17.0. The van der Waals surface area contributed by atoms with E-state index in [9.17, 15) is 0 Å². The van der Waals surface area contributed by atoms with Gasteiger partial charge in [0.1, 0.15) is 0 Å². The smallest absolute Gasteiger partial charge is 0.248 e. The van der Waals surface area contributed by atoms with E-state index >= 15 is 0 Å². The van der Waals surface area contributed by atoms with E-state index in [4.69, 9.17) is 20.9 Å². The number of hydrogen-bond donors (Lipinski definition) is 0. The summed E-state index contributed by atoms with van der Waals surface area (Å²) >= 11 is 7.73. The first-order valence-corrected chi connectivity index (χ1v) is 12.9. The van der Waals surface area contributed by atoms with Crippen LogP contribution >= 0.6 is 17.1 Å². The van der Waals surface area contributed by atoms with Crippen molar-refractivity contribution in [2.45, 2.75) is 89.7 Å². The molecular weight excluding hydrogens is 333 g/mol. The maximum absolute atomic E-state index is 6.11. The largest absolute Gasteiger partial charge is 0.319 e. The van der Waals surface area contributed by atoms with Crippen LogP contribution in [0.1, 0.15) is 66.2 Å². The lowest BCUT2D eigenvalue weighted by Crippen LogP contribution is -2.42. The summed E-state index contributed by atoms with van der Waals surface area (Å²) in [6, 6.07) is 0.676. The standard InChI is InChI=1S/C16H32NO2PS2/c1-13(2)18-20(21,19-14(3)4)22-16-10-6-5-9-15(16)17-11-7-8-12-17/h13-16H,5-12H2,1-4H3. The molecule has 0 spiro atoms. The van der Waals surface area contributed by atoms with Gasteiger partial charge in [-0.2, -0.15) is 0 Å². The Morgan fingerprint density at radius 1 is 0.955 bits per heavy atom. The molecule has 2 aliphatic rings. The van der Waals surface area contributed by atoms with Crippen LogP contribution in [0.25, 0.3) is 0 Å². The average Bonchev–Trinajstić information content (AvgIpc) is 2.90. The highest BCUT2D eigenvalue weighted by molar-refractivity contribution is 8.68. The summed E-state index contributed by atoms with van der Waals surface area (Å²) in [7, 11) is 0. The quantitative estimate of drug-likeness (QED) is 0.577. The fourth-order valence-electron chi connectivity index (χ4n) is 3.45. The third-order valence-corrected chi connectivity index (χ3v) is 10.1. The molecule has 6 heteroatoms. The molecule has 22 heavy (non-hydrogen) atoms. The molecule has 1 saturated heterocycles. The molecule has 2 fully saturated rings. The molecule has 130 valence electrons. The maximum Gasteiger partial charge on any atom is 0.248 e. The molecule has 2 unspecified atom stereocenters. The molecule has 0 bridgehead atoms. The van der Waals surface area contributed by atoms with Gasteiger partial charge in [0, 0.05) is 11.3 Å². The Morgan fingerprint density at radius 3 is 2.05 bits per heavy atom. The highest BCUT2D eigenvalue weighted by atomic mass is 32.9. The highest BCUT2D eigenvalue weighted by Crippen LogP contribution is 2.65. The average molecular weight is 366 g/mol. The third-order valence-electron chi connectivity index (χ3n) is 4.22. The molecule has 0 radical (unpaired) electrons. The first-order valence-electron chi connectivity index (χ1n) is 8.79. The van der Waals surface area contributed by atoms with Crippen molar-refractivity contribution >= 4 is 28.9 Å². The van der Waals surface area contributed by atoms with Crippen molar-refractivity contribution < 1.29 is 9.05 Å². The topological polar surface area (TPSA) is 21.7 Å². The van der Waals surface area contributed by atoms with Crippen LogP contribution < -0.4 is 0 Å². The fraction of sp³-hybridized carbons (Fsp3) is 1.00. The Labute approximate surface area is 145 Å². The lowest BCUT2D eigenvalue weighted by atomic mass is 9.94. The van der Waals surface area contributed by atoms with Crippen molar-refractivity contribution in [1.82, 2.24) is 4.90 Å². The van der Waals surface area contributed by atoms with Crippen molar-refractivity contribution in [2.75, 3.05) is 13.1 Å². The van der Waals surface area contributed by atoms with E-state index in [1.807, 2.05) is 11.4 Å². The molecule has 3 nitrogen and oxygen atoms in total. The van der Waals surface area contributed by atoms with Gasteiger partial charge in [0.15, 0.2) is 0 Å². The van der Waals surface area contributed by atoms with Crippen LogP contribution in [0.2, 0.25) is 0 Å². The van der Waals surface area contributed by atoms with Gasteiger partial charge in [-0.15, -0.1) is 0 Å². The number of nitrogens with zero attached hydrogens (tertiary/aromatic N) is 1. The highest BCUT2D eigenvalue weighted by Gasteiger charge is 2.37. The molecule has 2 atom stereocenters. The van der Waals surface area contributed by atoms with E-state index in [1.165, 1.54) is 51.6 Å². The maximum atomic E-state index is 6.11. The number of rotatable bonds is 7. The summed E-state index contributed by atoms with van der Waals surface area (Å²) in [5, 5.41) is 0.579. The zero-order chi connectivity index (χ0) is 16.2. The van der Waals surface area contributed by atoms with E-state index in [-0.39, 0.29) is 12.2 Å². The summed E-state index contributed by atoms with van der Waals surface area (Å²) < 4.78 is 12.2. The monoisotopic (exact) mass is 365 g/mol. The number of hydrogen-bond acceptors (Lipinski definition) is 5. The molecule has 1 saturated carbocycles. The lowest BCUT2D eigenvalue weighted by Gasteiger charge is -2.39. The Kier molecular flexibility index (Phi) is 7.70. The number of likely N-dealkylation sites (tertiary alicyclic amines) is 1. The lowest BCUT2D eigenvalue weighted by molar-refractivity contribution is 0.183. The second kappa shape index (κ2) is 8.82. The Morgan fingerprint density at radius 2 is 1.50 bits per heavy atom. The molecule has 0 aromatic rings. The van der Waals surface area contributed by atoms with E-state index in [0.29, 0.717) is 11.3 Å². The summed E-state index contributed by atoms with van der Waals surface area (Å²) in [5.74, 6) is 0. The van der Waals surface area contributed by atoms with Gasteiger partial charge in [-0.05, 0) is 78.3 Å². The van der Waals surface area contributed by atoms with Gasteiger partial charge in [0.05, 0.1) is 12.2 Å². The Hall–Kier alpha value is 0.880. The first kappa shape index (κ1) is 19.2.